The molecule has 4 rings (SSSR count). The lowest BCUT2D eigenvalue weighted by atomic mass is 9.65. The van der Waals surface area contributed by atoms with Crippen LogP contribution in [0.4, 0.5) is 8.78 Å². The summed E-state index contributed by atoms with van der Waals surface area (Å²) in [5.74, 6) is -4.44. The monoisotopic (exact) mass is 372 g/mol. The minimum atomic E-state index is -3.29. The average molecular weight is 372 g/mol. The van der Waals surface area contributed by atoms with Crippen molar-refractivity contribution in [3.8, 4) is 0 Å². The third-order valence-electron chi connectivity index (χ3n) is 5.87. The van der Waals surface area contributed by atoms with Crippen LogP contribution >= 0.6 is 11.8 Å². The Labute approximate surface area is 149 Å². The zero-order valence-corrected chi connectivity index (χ0v) is 15.4. The Hall–Kier alpha value is -0.730. The maximum Gasteiger partial charge on any atom is 0.308 e. The van der Waals surface area contributed by atoms with Gasteiger partial charge in [-0.3, -0.25) is 0 Å². The van der Waals surface area contributed by atoms with Crippen LogP contribution in [0, 0.1) is 0 Å². The number of ether oxygens (including phenoxy) is 3. The molecule has 0 aromatic heterocycles. The van der Waals surface area contributed by atoms with E-state index in [1.807, 2.05) is 30.3 Å². The molecular formula is C18H22F2O4S. The van der Waals surface area contributed by atoms with Crippen LogP contribution in [0.15, 0.2) is 35.2 Å². The molecule has 0 amide bonds. The van der Waals surface area contributed by atoms with Gasteiger partial charge in [-0.1, -0.05) is 18.2 Å². The lowest BCUT2D eigenvalue weighted by molar-refractivity contribution is -0.273. The highest BCUT2D eigenvalue weighted by Crippen LogP contribution is 2.68. The Morgan fingerprint density at radius 1 is 1.12 bits per heavy atom. The number of alkyl halides is 2. The van der Waals surface area contributed by atoms with Crippen LogP contribution in [-0.2, 0) is 14.2 Å². The first kappa shape index (κ1) is 17.7. The van der Waals surface area contributed by atoms with Crippen LogP contribution in [0.1, 0.15) is 27.7 Å². The average Bonchev–Trinajstić information content (AvgIpc) is 3.03. The van der Waals surface area contributed by atoms with Crippen molar-refractivity contribution in [1.29, 1.82) is 0 Å². The summed E-state index contributed by atoms with van der Waals surface area (Å²) in [6.45, 7) is 5.94. The molecule has 0 saturated carbocycles. The highest BCUT2D eigenvalue weighted by molar-refractivity contribution is 8.00. The molecule has 0 aliphatic carbocycles. The van der Waals surface area contributed by atoms with Crippen LogP contribution in [0.5, 0.6) is 0 Å². The van der Waals surface area contributed by atoms with Gasteiger partial charge in [-0.25, -0.2) is 8.78 Å². The lowest BCUT2D eigenvalue weighted by Gasteiger charge is -2.51. The van der Waals surface area contributed by atoms with Crippen molar-refractivity contribution in [1.82, 2.24) is 0 Å². The molecule has 3 aliphatic rings. The molecule has 7 heteroatoms. The van der Waals surface area contributed by atoms with E-state index in [9.17, 15) is 5.11 Å². The number of rotatable bonds is 2. The van der Waals surface area contributed by atoms with Gasteiger partial charge < -0.3 is 19.3 Å². The molecule has 2 bridgehead atoms. The predicted molar refractivity (Wildman–Crippen MR) is 88.8 cm³/mol. The third-order valence-corrected chi connectivity index (χ3v) is 7.38. The second-order valence-electron chi connectivity index (χ2n) is 7.81. The zero-order chi connectivity index (χ0) is 18.3. The summed E-state index contributed by atoms with van der Waals surface area (Å²) in [4.78, 5) is 0.807. The van der Waals surface area contributed by atoms with Gasteiger partial charge in [0.05, 0.1) is 11.9 Å². The summed E-state index contributed by atoms with van der Waals surface area (Å²) in [5.41, 5.74) is -5.12. The van der Waals surface area contributed by atoms with Crippen molar-refractivity contribution in [2.45, 2.75) is 72.5 Å². The molecule has 3 heterocycles. The zero-order valence-electron chi connectivity index (χ0n) is 14.6. The van der Waals surface area contributed by atoms with Gasteiger partial charge in [-0.05, 0) is 39.8 Å². The van der Waals surface area contributed by atoms with Crippen molar-refractivity contribution in [2.24, 2.45) is 0 Å². The van der Waals surface area contributed by atoms with E-state index >= 15 is 8.78 Å². The van der Waals surface area contributed by atoms with Gasteiger partial charge in [0, 0.05) is 4.90 Å². The van der Waals surface area contributed by atoms with Gasteiger partial charge in [0.15, 0.2) is 11.4 Å². The molecule has 1 aromatic rings. The fraction of sp³-hybridized carbons (Fsp3) is 0.667. The van der Waals surface area contributed by atoms with Crippen molar-refractivity contribution < 1.29 is 28.1 Å². The molecule has 25 heavy (non-hydrogen) atoms. The Morgan fingerprint density at radius 3 is 2.32 bits per heavy atom. The summed E-state index contributed by atoms with van der Waals surface area (Å²) >= 11 is 1.21. The largest absolute Gasteiger partial charge is 0.386 e. The molecule has 3 saturated heterocycles. The normalized spacial score (nSPS) is 46.8. The van der Waals surface area contributed by atoms with E-state index in [1.165, 1.54) is 18.7 Å². The molecule has 138 valence electrons. The summed E-state index contributed by atoms with van der Waals surface area (Å²) < 4.78 is 47.8. The van der Waals surface area contributed by atoms with Crippen LogP contribution < -0.4 is 0 Å². The smallest absolute Gasteiger partial charge is 0.308 e. The van der Waals surface area contributed by atoms with Gasteiger partial charge >= 0.3 is 5.92 Å². The summed E-state index contributed by atoms with van der Waals surface area (Å²) in [6.07, 6.45) is -1.46. The minimum Gasteiger partial charge on any atom is -0.386 e. The molecule has 0 radical (unpaired) electrons. The molecule has 4 nitrogen and oxygen atoms in total. The highest BCUT2D eigenvalue weighted by atomic mass is 32.2. The first-order chi connectivity index (χ1) is 11.5. The Morgan fingerprint density at radius 2 is 1.76 bits per heavy atom. The molecule has 1 N–H and O–H groups in total. The first-order valence-electron chi connectivity index (χ1n) is 8.31. The number of halogens is 2. The van der Waals surface area contributed by atoms with E-state index in [4.69, 9.17) is 14.2 Å². The molecule has 5 atom stereocenters. The third kappa shape index (κ3) is 2.02. The van der Waals surface area contributed by atoms with Gasteiger partial charge in [0.25, 0.3) is 0 Å². The second-order valence-corrected chi connectivity index (χ2v) is 9.03. The fourth-order valence-corrected chi connectivity index (χ4v) is 5.70. The number of thioether (sulfide) groups is 1. The predicted octanol–water partition coefficient (Wildman–Crippen LogP) is 3.23. The summed E-state index contributed by atoms with van der Waals surface area (Å²) in [7, 11) is 0. The maximum absolute atomic E-state index is 15.4. The molecule has 3 aliphatic heterocycles. The van der Waals surface area contributed by atoms with E-state index < -0.39 is 39.9 Å². The number of fused-ring (bicyclic) bond motifs is 3. The van der Waals surface area contributed by atoms with Gasteiger partial charge in [-0.15, -0.1) is 11.8 Å². The van der Waals surface area contributed by atoms with Gasteiger partial charge in [0.1, 0.15) is 17.3 Å². The van der Waals surface area contributed by atoms with Crippen molar-refractivity contribution in [3.05, 3.63) is 30.3 Å². The summed E-state index contributed by atoms with van der Waals surface area (Å²) in [5, 5.41) is 10.5. The summed E-state index contributed by atoms with van der Waals surface area (Å²) in [6, 6.07) is 9.20. The highest BCUT2D eigenvalue weighted by Gasteiger charge is 2.89. The first-order valence-corrected chi connectivity index (χ1v) is 9.19. The van der Waals surface area contributed by atoms with Crippen molar-refractivity contribution in [2.75, 3.05) is 6.61 Å². The fourth-order valence-electron chi connectivity index (χ4n) is 4.29. The van der Waals surface area contributed by atoms with Crippen LogP contribution in [0.25, 0.3) is 0 Å². The quantitative estimate of drug-likeness (QED) is 0.864. The minimum absolute atomic E-state index is 0.321. The molecular weight excluding hydrogens is 350 g/mol. The second kappa shape index (κ2) is 4.95. The lowest BCUT2D eigenvalue weighted by Crippen LogP contribution is -2.75. The SMILES string of the molecule is CC1(C)OC[C@@]2(O1)C(F)(F)[C@@H]1O[C@@]2(C)[C@](C)(O)[C@H]1Sc1ccccc1. The van der Waals surface area contributed by atoms with Gasteiger partial charge in [-0.2, -0.15) is 0 Å². The molecule has 3 fully saturated rings. The molecule has 1 aromatic carbocycles. The van der Waals surface area contributed by atoms with Crippen LogP contribution in [-0.4, -0.2) is 51.6 Å². The molecule has 1 spiro atoms. The van der Waals surface area contributed by atoms with Crippen LogP contribution in [0.3, 0.4) is 0 Å². The Bertz CT molecular complexity index is 696. The number of benzene rings is 1. The van der Waals surface area contributed by atoms with E-state index in [1.54, 1.807) is 20.8 Å². The Balaban J connectivity index is 1.76. The van der Waals surface area contributed by atoms with Crippen molar-refractivity contribution >= 4 is 11.8 Å². The number of aliphatic hydroxyl groups is 1. The van der Waals surface area contributed by atoms with E-state index in [-0.39, 0.29) is 6.61 Å². The topological polar surface area (TPSA) is 47.9 Å². The van der Waals surface area contributed by atoms with E-state index in [0.717, 1.165) is 4.90 Å². The van der Waals surface area contributed by atoms with Crippen molar-refractivity contribution in [3.63, 3.8) is 0 Å². The number of hydrogen-bond acceptors (Lipinski definition) is 5. The van der Waals surface area contributed by atoms with E-state index in [0.29, 0.717) is 0 Å². The van der Waals surface area contributed by atoms with Crippen LogP contribution in [0.2, 0.25) is 0 Å². The van der Waals surface area contributed by atoms with E-state index in [2.05, 4.69) is 0 Å². The Kier molecular flexibility index (Phi) is 3.50. The molecule has 0 unspecified atom stereocenters. The van der Waals surface area contributed by atoms with Gasteiger partial charge in [0.2, 0.25) is 0 Å². The maximum atomic E-state index is 15.4. The standard InChI is InChI=1S/C18H22F2O4S/c1-14(2)22-10-17(24-14)16(4)15(3,21)13(12(23-16)18(17,19)20)25-11-8-6-5-7-9-11/h5-9,12-13,21H,10H2,1-4H3/t12-,13+,15-,16+,17+/m1/s1. The number of hydrogen-bond donors (Lipinski definition) is 1.